The van der Waals surface area contributed by atoms with Gasteiger partial charge in [0.15, 0.2) is 0 Å². The second kappa shape index (κ2) is 8.28. The van der Waals surface area contributed by atoms with Crippen molar-refractivity contribution in [1.82, 2.24) is 0 Å². The molecule has 0 aliphatic heterocycles. The Morgan fingerprint density at radius 1 is 0.833 bits per heavy atom. The predicted molar refractivity (Wildman–Crippen MR) is 93.4 cm³/mol. The topological polar surface area (TPSA) is 168 Å². The molecule has 0 bridgehead atoms. The van der Waals surface area contributed by atoms with Crippen LogP contribution < -0.4 is 22.9 Å². The number of nitrogen functional groups attached to an aromatic ring is 4. The van der Waals surface area contributed by atoms with Crippen LogP contribution in [0.2, 0.25) is 0 Å². The lowest BCUT2D eigenvalue weighted by Gasteiger charge is -2.03. The van der Waals surface area contributed by atoms with Crippen LogP contribution in [0.3, 0.4) is 0 Å². The molecule has 2 aromatic rings. The fourth-order valence-electron chi connectivity index (χ4n) is 1.81. The van der Waals surface area contributed by atoms with E-state index in [-0.39, 0.29) is 5.56 Å². The van der Waals surface area contributed by atoms with Gasteiger partial charge in [0.2, 0.25) is 0 Å². The fourth-order valence-corrected chi connectivity index (χ4v) is 1.81. The number of hydrogen-bond acceptors (Lipinski definition) is 7. The molecule has 0 heterocycles. The van der Waals surface area contributed by atoms with Gasteiger partial charge in [0.25, 0.3) is 0 Å². The maximum absolute atomic E-state index is 11.2. The van der Waals surface area contributed by atoms with Crippen molar-refractivity contribution in [2.45, 2.75) is 6.92 Å². The number of rotatable bonds is 3. The molecule has 0 saturated carbocycles. The molecule has 0 aromatic heterocycles. The number of anilines is 4. The molecule has 0 amide bonds. The molecule has 0 aliphatic rings. The Morgan fingerprint density at radius 2 is 1.21 bits per heavy atom. The van der Waals surface area contributed by atoms with Gasteiger partial charge in [0.1, 0.15) is 0 Å². The molecular formula is C16H20N4O4. The fraction of sp³-hybridized carbons (Fsp3) is 0.125. The van der Waals surface area contributed by atoms with Crippen LogP contribution in [0.25, 0.3) is 0 Å². The number of aromatic carboxylic acids is 1. The van der Waals surface area contributed by atoms with E-state index in [9.17, 15) is 9.59 Å². The van der Waals surface area contributed by atoms with Crippen molar-refractivity contribution in [3.63, 3.8) is 0 Å². The van der Waals surface area contributed by atoms with Gasteiger partial charge in [0, 0.05) is 22.7 Å². The highest BCUT2D eigenvalue weighted by atomic mass is 16.5. The first-order valence-corrected chi connectivity index (χ1v) is 6.95. The minimum Gasteiger partial charge on any atom is -0.478 e. The van der Waals surface area contributed by atoms with Gasteiger partial charge in [-0.2, -0.15) is 0 Å². The van der Waals surface area contributed by atoms with E-state index in [0.29, 0.717) is 34.9 Å². The Kier molecular flexibility index (Phi) is 6.42. The largest absolute Gasteiger partial charge is 0.478 e. The summed E-state index contributed by atoms with van der Waals surface area (Å²) in [4.78, 5) is 21.6. The van der Waals surface area contributed by atoms with Crippen LogP contribution in [0, 0.1) is 0 Å². The standard InChI is InChI=1S/C9H12N2O2.C7H8N2O2/c1-2-13-9(12)6-3-7(10)5-8(11)4-6;8-5-1-4(7(10)11)2-6(9)3-5/h3-5H,2,10-11H2,1H3;1-3H,8-9H2,(H,10,11). The van der Waals surface area contributed by atoms with Crippen LogP contribution in [0.5, 0.6) is 0 Å². The van der Waals surface area contributed by atoms with Gasteiger partial charge < -0.3 is 32.8 Å². The summed E-state index contributed by atoms with van der Waals surface area (Å²) < 4.78 is 4.79. The van der Waals surface area contributed by atoms with E-state index in [4.69, 9.17) is 32.8 Å². The first-order chi connectivity index (χ1) is 11.2. The second-order valence-corrected chi connectivity index (χ2v) is 4.80. The lowest BCUT2D eigenvalue weighted by atomic mass is 10.2. The van der Waals surface area contributed by atoms with E-state index in [1.807, 2.05) is 0 Å². The van der Waals surface area contributed by atoms with E-state index in [1.54, 1.807) is 13.0 Å². The Labute approximate surface area is 139 Å². The molecule has 0 fully saturated rings. The van der Waals surface area contributed by atoms with E-state index in [2.05, 4.69) is 0 Å². The van der Waals surface area contributed by atoms with Crippen LogP contribution >= 0.6 is 0 Å². The molecule has 0 radical (unpaired) electrons. The number of benzene rings is 2. The maximum Gasteiger partial charge on any atom is 0.338 e. The average Bonchev–Trinajstić information content (AvgIpc) is 2.46. The third kappa shape index (κ3) is 5.76. The minimum atomic E-state index is -1.02. The second-order valence-electron chi connectivity index (χ2n) is 4.80. The van der Waals surface area contributed by atoms with Gasteiger partial charge in [-0.3, -0.25) is 0 Å². The zero-order chi connectivity index (χ0) is 18.3. The highest BCUT2D eigenvalue weighted by molar-refractivity contribution is 5.91. The lowest BCUT2D eigenvalue weighted by molar-refractivity contribution is 0.0526. The molecule has 0 unspecified atom stereocenters. The van der Waals surface area contributed by atoms with Crippen LogP contribution in [-0.2, 0) is 4.74 Å². The number of ether oxygens (including phenoxy) is 1. The molecule has 2 aromatic carbocycles. The van der Waals surface area contributed by atoms with Crippen LogP contribution in [0.15, 0.2) is 36.4 Å². The molecule has 128 valence electrons. The number of carbonyl (C=O) groups is 2. The Bertz CT molecular complexity index is 706. The Morgan fingerprint density at radius 3 is 1.54 bits per heavy atom. The highest BCUT2D eigenvalue weighted by Crippen LogP contribution is 2.14. The molecule has 24 heavy (non-hydrogen) atoms. The molecule has 0 spiro atoms. The minimum absolute atomic E-state index is 0.113. The molecule has 8 heteroatoms. The quantitative estimate of drug-likeness (QED) is 0.417. The van der Waals surface area contributed by atoms with Gasteiger partial charge in [-0.25, -0.2) is 9.59 Å². The summed E-state index contributed by atoms with van der Waals surface area (Å²) in [5, 5.41) is 8.52. The van der Waals surface area contributed by atoms with E-state index in [0.717, 1.165) is 0 Å². The van der Waals surface area contributed by atoms with Crippen molar-refractivity contribution < 1.29 is 19.4 Å². The number of nitrogens with two attached hydrogens (primary N) is 4. The van der Waals surface area contributed by atoms with Crippen molar-refractivity contribution >= 4 is 34.7 Å². The molecule has 0 saturated heterocycles. The summed E-state index contributed by atoms with van der Waals surface area (Å²) in [5.41, 5.74) is 23.9. The van der Waals surface area contributed by atoms with E-state index < -0.39 is 11.9 Å². The summed E-state index contributed by atoms with van der Waals surface area (Å²) in [6.07, 6.45) is 0. The smallest absolute Gasteiger partial charge is 0.338 e. The zero-order valence-electron chi connectivity index (χ0n) is 13.2. The van der Waals surface area contributed by atoms with Crippen molar-refractivity contribution in [2.75, 3.05) is 29.5 Å². The van der Waals surface area contributed by atoms with E-state index in [1.165, 1.54) is 30.3 Å². The summed E-state index contributed by atoms with van der Waals surface area (Å²) in [5.74, 6) is -1.43. The monoisotopic (exact) mass is 332 g/mol. The summed E-state index contributed by atoms with van der Waals surface area (Å²) in [6, 6.07) is 8.88. The Hall–Kier alpha value is -3.42. The van der Waals surface area contributed by atoms with Gasteiger partial charge in [-0.15, -0.1) is 0 Å². The van der Waals surface area contributed by atoms with Gasteiger partial charge in [0.05, 0.1) is 17.7 Å². The van der Waals surface area contributed by atoms with Gasteiger partial charge >= 0.3 is 11.9 Å². The van der Waals surface area contributed by atoms with Gasteiger partial charge in [-0.05, 0) is 43.3 Å². The van der Waals surface area contributed by atoms with Gasteiger partial charge in [-0.1, -0.05) is 0 Å². The lowest BCUT2D eigenvalue weighted by Crippen LogP contribution is -2.06. The summed E-state index contributed by atoms with van der Waals surface area (Å²) in [6.45, 7) is 2.08. The van der Waals surface area contributed by atoms with Crippen molar-refractivity contribution in [2.24, 2.45) is 0 Å². The zero-order valence-corrected chi connectivity index (χ0v) is 13.2. The van der Waals surface area contributed by atoms with Crippen LogP contribution in [-0.4, -0.2) is 23.7 Å². The predicted octanol–water partition coefficient (Wildman–Crippen LogP) is 1.58. The van der Waals surface area contributed by atoms with Crippen molar-refractivity contribution in [3.05, 3.63) is 47.5 Å². The van der Waals surface area contributed by atoms with Crippen molar-refractivity contribution in [1.29, 1.82) is 0 Å². The highest BCUT2D eigenvalue weighted by Gasteiger charge is 2.07. The van der Waals surface area contributed by atoms with Crippen LogP contribution in [0.1, 0.15) is 27.6 Å². The molecule has 0 aliphatic carbocycles. The maximum atomic E-state index is 11.2. The van der Waals surface area contributed by atoms with Crippen molar-refractivity contribution in [3.8, 4) is 0 Å². The average molecular weight is 332 g/mol. The Balaban J connectivity index is 0.000000243. The first kappa shape index (κ1) is 18.6. The number of carboxylic acid groups (broad SMARTS) is 1. The molecule has 2 rings (SSSR count). The molecule has 0 atom stereocenters. The third-order valence-corrected chi connectivity index (χ3v) is 2.71. The molecule has 8 nitrogen and oxygen atoms in total. The third-order valence-electron chi connectivity index (χ3n) is 2.71. The number of carbonyl (C=O) groups excluding carboxylic acids is 1. The summed E-state index contributed by atoms with van der Waals surface area (Å²) in [7, 11) is 0. The summed E-state index contributed by atoms with van der Waals surface area (Å²) >= 11 is 0. The van der Waals surface area contributed by atoms with E-state index >= 15 is 0 Å². The number of carboxylic acids is 1. The SMILES string of the molecule is CCOC(=O)c1cc(N)cc(N)c1.Nc1cc(N)cc(C(=O)O)c1. The molecular weight excluding hydrogens is 312 g/mol. The first-order valence-electron chi connectivity index (χ1n) is 6.95. The number of hydrogen-bond donors (Lipinski definition) is 5. The number of esters is 1. The molecule has 9 N–H and O–H groups in total. The normalized spacial score (nSPS) is 9.54. The van der Waals surface area contributed by atoms with Crippen LogP contribution in [0.4, 0.5) is 22.7 Å².